The van der Waals surface area contributed by atoms with Gasteiger partial charge in [-0.1, -0.05) is 0 Å². The summed E-state index contributed by atoms with van der Waals surface area (Å²) in [5, 5.41) is 32.5. The average molecular weight is 206 g/mol. The minimum Gasteiger partial charge on any atom is -1.00 e. The maximum Gasteiger partial charge on any atom is 1.00 e. The molecular formula is C4H7NaO8. The van der Waals surface area contributed by atoms with E-state index < -0.39 is 24.1 Å². The van der Waals surface area contributed by atoms with Crippen LogP contribution in [0.4, 0.5) is 0 Å². The summed E-state index contributed by atoms with van der Waals surface area (Å²) in [6.45, 7) is 0. The normalized spacial score (nSPS) is 13.5. The number of hydrogen-bond donors (Lipinski definition) is 4. The Labute approximate surface area is 95.3 Å². The third kappa shape index (κ3) is 4.52. The first-order valence-corrected chi connectivity index (χ1v) is 2.61. The van der Waals surface area contributed by atoms with Crippen LogP contribution in [0.5, 0.6) is 0 Å². The van der Waals surface area contributed by atoms with Gasteiger partial charge in [0.2, 0.25) is 0 Å². The van der Waals surface area contributed by atoms with Crippen molar-refractivity contribution in [1.29, 1.82) is 0 Å². The topological polar surface area (TPSA) is 134 Å². The van der Waals surface area contributed by atoms with Gasteiger partial charge in [-0.2, -0.15) is 10.5 Å². The number of carbonyl (C=O) groups is 2. The van der Waals surface area contributed by atoms with E-state index in [2.05, 4.69) is 9.78 Å². The summed E-state index contributed by atoms with van der Waals surface area (Å²) in [6, 6.07) is 0. The number of hydrogen-bond acceptors (Lipinski definition) is 8. The largest absolute Gasteiger partial charge is 1.00 e. The zero-order valence-corrected chi connectivity index (χ0v) is 8.58. The fourth-order valence-electron chi connectivity index (χ4n) is 0.366. The molecule has 8 nitrogen and oxygen atoms in total. The molecule has 2 unspecified atom stereocenters. The molecule has 0 radical (unpaired) electrons. The Kier molecular flexibility index (Phi) is 8.46. The molecule has 0 aromatic carbocycles. The summed E-state index contributed by atoms with van der Waals surface area (Å²) >= 11 is 0. The Morgan fingerprint density at radius 3 is 1.38 bits per heavy atom. The summed E-state index contributed by atoms with van der Waals surface area (Å²) in [5.74, 6) is -3.29. The smallest absolute Gasteiger partial charge is 1.00 e. The predicted molar refractivity (Wildman–Crippen MR) is 30.6 cm³/mol. The van der Waals surface area contributed by atoms with E-state index in [0.29, 0.717) is 0 Å². The van der Waals surface area contributed by atoms with Crippen molar-refractivity contribution >= 4 is 11.9 Å². The number of carbonyl (C=O) groups excluding carboxylic acids is 2. The van der Waals surface area contributed by atoms with Gasteiger partial charge >= 0.3 is 41.5 Å². The van der Waals surface area contributed by atoms with E-state index in [4.69, 9.17) is 20.7 Å². The molecule has 0 aromatic heterocycles. The van der Waals surface area contributed by atoms with Gasteiger partial charge < -0.3 is 11.6 Å². The van der Waals surface area contributed by atoms with Crippen LogP contribution < -0.4 is 29.6 Å². The maximum absolute atomic E-state index is 10.2. The molecule has 0 fully saturated rings. The van der Waals surface area contributed by atoms with Crippen LogP contribution in [0.1, 0.15) is 1.43 Å². The second-order valence-electron chi connectivity index (χ2n) is 1.71. The molecule has 0 heterocycles. The van der Waals surface area contributed by atoms with Gasteiger partial charge in [-0.3, -0.25) is 9.78 Å². The molecule has 4 N–H and O–H groups in total. The van der Waals surface area contributed by atoms with Crippen LogP contribution in [0.3, 0.4) is 0 Å². The van der Waals surface area contributed by atoms with Gasteiger partial charge in [-0.05, 0) is 0 Å². The first kappa shape index (κ1) is 15.3. The Balaban J connectivity index is -0.000000605. The second kappa shape index (κ2) is 7.21. The number of aliphatic hydroxyl groups excluding tert-OH is 2. The summed E-state index contributed by atoms with van der Waals surface area (Å²) in [5.41, 5.74) is 0. The molecule has 0 aliphatic carbocycles. The summed E-state index contributed by atoms with van der Waals surface area (Å²) in [4.78, 5) is 26.4. The molecule has 72 valence electrons. The van der Waals surface area contributed by atoms with Crippen molar-refractivity contribution < 1.29 is 71.1 Å². The average Bonchev–Trinajstić information content (AvgIpc) is 2.12. The van der Waals surface area contributed by atoms with Crippen molar-refractivity contribution in [2.24, 2.45) is 0 Å². The fourth-order valence-corrected chi connectivity index (χ4v) is 0.366. The van der Waals surface area contributed by atoms with Gasteiger partial charge in [0.1, 0.15) is 0 Å². The molecule has 9 heteroatoms. The van der Waals surface area contributed by atoms with Gasteiger partial charge in [0.15, 0.2) is 12.2 Å². The van der Waals surface area contributed by atoms with Gasteiger partial charge in [0, 0.05) is 0 Å². The molecule has 0 saturated carbocycles. The summed E-state index contributed by atoms with van der Waals surface area (Å²) < 4.78 is 0. The van der Waals surface area contributed by atoms with Crippen LogP contribution >= 0.6 is 0 Å². The molecule has 0 aliphatic rings. The Morgan fingerprint density at radius 2 is 1.23 bits per heavy atom. The van der Waals surface area contributed by atoms with Crippen LogP contribution in [0.25, 0.3) is 0 Å². The molecule has 2 atom stereocenters. The van der Waals surface area contributed by atoms with Crippen LogP contribution in [0.2, 0.25) is 0 Å². The van der Waals surface area contributed by atoms with Gasteiger partial charge in [-0.25, -0.2) is 9.59 Å². The minimum absolute atomic E-state index is 0. The zero-order chi connectivity index (χ0) is 9.72. The molecule has 0 bridgehead atoms. The van der Waals surface area contributed by atoms with Gasteiger partial charge in [0.05, 0.1) is 0 Å². The molecule has 0 aliphatic heterocycles. The van der Waals surface area contributed by atoms with Crippen molar-refractivity contribution in [3.05, 3.63) is 0 Å². The molecule has 0 amide bonds. The van der Waals surface area contributed by atoms with Crippen LogP contribution in [-0.2, 0) is 19.4 Å². The number of aliphatic hydroxyl groups is 2. The molecule has 0 spiro atoms. The van der Waals surface area contributed by atoms with E-state index in [1.807, 2.05) is 0 Å². The fraction of sp³-hybridized carbons (Fsp3) is 0.500. The standard InChI is InChI=1S/C4H6O8.Na.H/c5-1(3(7)11-9)2(6)4(8)12-10;;/h1-2,5-6,9-10H;;/q;+1;-1. The van der Waals surface area contributed by atoms with E-state index in [0.717, 1.165) is 0 Å². The van der Waals surface area contributed by atoms with Gasteiger partial charge in [0.25, 0.3) is 0 Å². The van der Waals surface area contributed by atoms with E-state index >= 15 is 0 Å². The molecule has 0 rings (SSSR count). The predicted octanol–water partition coefficient (Wildman–Crippen LogP) is -5.14. The van der Waals surface area contributed by atoms with E-state index in [-0.39, 0.29) is 31.0 Å². The van der Waals surface area contributed by atoms with Crippen LogP contribution in [0, 0.1) is 0 Å². The molecule has 0 aromatic rings. The van der Waals surface area contributed by atoms with Crippen molar-refractivity contribution in [3.8, 4) is 0 Å². The van der Waals surface area contributed by atoms with Crippen molar-refractivity contribution in [2.45, 2.75) is 12.2 Å². The monoisotopic (exact) mass is 206 g/mol. The first-order chi connectivity index (χ1) is 5.54. The maximum atomic E-state index is 10.2. The van der Waals surface area contributed by atoms with E-state index in [1.165, 1.54) is 0 Å². The van der Waals surface area contributed by atoms with Crippen molar-refractivity contribution in [1.82, 2.24) is 0 Å². The Bertz CT molecular complexity index is 166. The molecule has 0 saturated heterocycles. The summed E-state index contributed by atoms with van der Waals surface area (Å²) in [7, 11) is 0. The van der Waals surface area contributed by atoms with E-state index in [9.17, 15) is 9.59 Å². The zero-order valence-electron chi connectivity index (χ0n) is 7.58. The van der Waals surface area contributed by atoms with Gasteiger partial charge in [-0.15, -0.1) is 0 Å². The van der Waals surface area contributed by atoms with Crippen molar-refractivity contribution in [3.63, 3.8) is 0 Å². The Morgan fingerprint density at radius 1 is 1.00 bits per heavy atom. The SMILES string of the molecule is O=C(OO)C(O)C(O)C(=O)OO.[H-].[Na+]. The van der Waals surface area contributed by atoms with E-state index in [1.54, 1.807) is 0 Å². The number of rotatable bonds is 3. The third-order valence-electron chi connectivity index (χ3n) is 0.962. The van der Waals surface area contributed by atoms with Crippen molar-refractivity contribution in [2.75, 3.05) is 0 Å². The van der Waals surface area contributed by atoms with Crippen LogP contribution in [0.15, 0.2) is 0 Å². The molecular weight excluding hydrogens is 199 g/mol. The third-order valence-corrected chi connectivity index (χ3v) is 0.962. The second-order valence-corrected chi connectivity index (χ2v) is 1.71. The first-order valence-electron chi connectivity index (χ1n) is 2.61. The van der Waals surface area contributed by atoms with Crippen LogP contribution in [-0.4, -0.2) is 44.9 Å². The minimum atomic E-state index is -2.31. The Hall–Kier alpha value is -0.220. The summed E-state index contributed by atoms with van der Waals surface area (Å²) in [6.07, 6.45) is -4.62. The quantitative estimate of drug-likeness (QED) is 0.204. The molecule has 13 heavy (non-hydrogen) atoms.